The van der Waals surface area contributed by atoms with E-state index in [9.17, 15) is 5.11 Å². The van der Waals surface area contributed by atoms with Gasteiger partial charge < -0.3 is 5.11 Å². The lowest BCUT2D eigenvalue weighted by atomic mass is 10.3. The third-order valence-electron chi connectivity index (χ3n) is 1.96. The van der Waals surface area contributed by atoms with Gasteiger partial charge in [0.15, 0.2) is 0 Å². The molecule has 1 N–H and O–H groups in total. The van der Waals surface area contributed by atoms with Gasteiger partial charge in [-0.1, -0.05) is 0 Å². The smallest absolute Gasteiger partial charge is 0.0802 e. The summed E-state index contributed by atoms with van der Waals surface area (Å²) in [7, 11) is 1.97. The Morgan fingerprint density at radius 3 is 2.93 bits per heavy atom. The average Bonchev–Trinajstić information content (AvgIpc) is 2.51. The van der Waals surface area contributed by atoms with Gasteiger partial charge >= 0.3 is 0 Å². The van der Waals surface area contributed by atoms with Crippen LogP contribution in [-0.4, -0.2) is 40.6 Å². The number of hydrogen-bond acceptors (Lipinski definition) is 4. The molecule has 5 heteroatoms. The van der Waals surface area contributed by atoms with Gasteiger partial charge in [0.2, 0.25) is 0 Å². The highest BCUT2D eigenvalue weighted by molar-refractivity contribution is 7.09. The maximum absolute atomic E-state index is 9.34. The molecule has 80 valence electrons. The van der Waals surface area contributed by atoms with Crippen molar-refractivity contribution < 1.29 is 5.11 Å². The lowest BCUT2D eigenvalue weighted by Crippen LogP contribution is -2.29. The first-order valence-corrected chi connectivity index (χ1v) is 5.86. The van der Waals surface area contributed by atoms with E-state index in [1.165, 1.54) is 4.88 Å². The fourth-order valence-electron chi connectivity index (χ4n) is 1.20. The monoisotopic (exact) mass is 234 g/mol. The van der Waals surface area contributed by atoms with Crippen molar-refractivity contribution in [3.63, 3.8) is 0 Å². The summed E-state index contributed by atoms with van der Waals surface area (Å²) in [5, 5.41) is 9.34. The molecule has 0 saturated carbocycles. The molecule has 1 atom stereocenters. The summed E-state index contributed by atoms with van der Waals surface area (Å²) in [6, 6.07) is 0. The quantitative estimate of drug-likeness (QED) is 0.785. The van der Waals surface area contributed by atoms with E-state index in [0.29, 0.717) is 6.54 Å². The van der Waals surface area contributed by atoms with Crippen molar-refractivity contribution >= 4 is 22.9 Å². The second-order valence-electron chi connectivity index (χ2n) is 3.37. The highest BCUT2D eigenvalue weighted by Crippen LogP contribution is 2.14. The summed E-state index contributed by atoms with van der Waals surface area (Å²) in [5.74, 6) is 0.284. The molecule has 14 heavy (non-hydrogen) atoms. The fraction of sp³-hybridized carbons (Fsp3) is 0.667. The second-order valence-corrected chi connectivity index (χ2v) is 4.61. The molecule has 0 amide bonds. The van der Waals surface area contributed by atoms with Gasteiger partial charge in [0.05, 0.1) is 17.3 Å². The van der Waals surface area contributed by atoms with E-state index in [1.807, 2.05) is 24.4 Å². The SMILES string of the molecule is Cc1ncsc1CN(C)CC(O)CCl. The molecule has 0 bridgehead atoms. The zero-order valence-electron chi connectivity index (χ0n) is 8.40. The Morgan fingerprint density at radius 1 is 1.71 bits per heavy atom. The Kier molecular flexibility index (Phi) is 4.81. The fourth-order valence-corrected chi connectivity index (χ4v) is 2.15. The molecule has 0 fully saturated rings. The number of thiazole rings is 1. The van der Waals surface area contributed by atoms with Crippen LogP contribution in [0.15, 0.2) is 5.51 Å². The first-order chi connectivity index (χ1) is 6.63. The molecule has 1 heterocycles. The normalized spacial score (nSPS) is 13.5. The number of likely N-dealkylation sites (N-methyl/N-ethyl adjacent to an activating group) is 1. The van der Waals surface area contributed by atoms with Crippen LogP contribution < -0.4 is 0 Å². The van der Waals surface area contributed by atoms with Crippen LogP contribution in [0.25, 0.3) is 0 Å². The van der Waals surface area contributed by atoms with Crippen molar-refractivity contribution in [3.8, 4) is 0 Å². The molecule has 0 aliphatic carbocycles. The molecule has 0 spiro atoms. The summed E-state index contributed by atoms with van der Waals surface area (Å²) in [4.78, 5) is 7.47. The Labute approximate surface area is 93.3 Å². The minimum absolute atomic E-state index is 0.284. The van der Waals surface area contributed by atoms with E-state index in [-0.39, 0.29) is 5.88 Å². The number of hydrogen-bond donors (Lipinski definition) is 1. The Bertz CT molecular complexity index is 280. The molecule has 1 aromatic rings. The molecule has 0 saturated heterocycles. The lowest BCUT2D eigenvalue weighted by molar-refractivity contribution is 0.141. The van der Waals surface area contributed by atoms with Crippen molar-refractivity contribution in [2.24, 2.45) is 0 Å². The van der Waals surface area contributed by atoms with E-state index >= 15 is 0 Å². The van der Waals surface area contributed by atoms with Gasteiger partial charge in [0, 0.05) is 23.8 Å². The third-order valence-corrected chi connectivity index (χ3v) is 3.23. The van der Waals surface area contributed by atoms with Gasteiger partial charge in [-0.15, -0.1) is 22.9 Å². The van der Waals surface area contributed by atoms with Crippen LogP contribution in [0, 0.1) is 6.92 Å². The van der Waals surface area contributed by atoms with Crippen LogP contribution in [-0.2, 0) is 6.54 Å². The number of halogens is 1. The Morgan fingerprint density at radius 2 is 2.43 bits per heavy atom. The molecule has 0 aromatic carbocycles. The van der Waals surface area contributed by atoms with Gasteiger partial charge in [-0.3, -0.25) is 4.90 Å². The van der Waals surface area contributed by atoms with E-state index in [1.54, 1.807) is 11.3 Å². The van der Waals surface area contributed by atoms with E-state index in [2.05, 4.69) is 4.98 Å². The van der Waals surface area contributed by atoms with Crippen molar-refractivity contribution in [2.45, 2.75) is 19.6 Å². The molecule has 0 aliphatic rings. The first kappa shape index (κ1) is 11.9. The summed E-state index contributed by atoms with van der Waals surface area (Å²) in [6.45, 7) is 3.42. The molecule has 3 nitrogen and oxygen atoms in total. The number of aromatic nitrogens is 1. The molecule has 1 aromatic heterocycles. The standard InChI is InChI=1S/C9H15ClN2OS/c1-7-9(14-6-11-7)5-12(2)4-8(13)3-10/h6,8,13H,3-5H2,1-2H3. The topological polar surface area (TPSA) is 36.4 Å². The number of aliphatic hydroxyl groups is 1. The lowest BCUT2D eigenvalue weighted by Gasteiger charge is -2.18. The van der Waals surface area contributed by atoms with Crippen molar-refractivity contribution in [1.29, 1.82) is 0 Å². The number of nitrogens with zero attached hydrogens (tertiary/aromatic N) is 2. The van der Waals surface area contributed by atoms with E-state index < -0.39 is 6.10 Å². The van der Waals surface area contributed by atoms with Crippen LogP contribution >= 0.6 is 22.9 Å². The minimum Gasteiger partial charge on any atom is -0.391 e. The largest absolute Gasteiger partial charge is 0.391 e. The first-order valence-electron chi connectivity index (χ1n) is 4.45. The summed E-state index contributed by atoms with van der Waals surface area (Å²) in [5.41, 5.74) is 2.92. The van der Waals surface area contributed by atoms with E-state index in [4.69, 9.17) is 11.6 Å². The number of aryl methyl sites for hydroxylation is 1. The molecule has 1 rings (SSSR count). The van der Waals surface area contributed by atoms with Gasteiger partial charge in [-0.25, -0.2) is 4.98 Å². The average molecular weight is 235 g/mol. The van der Waals surface area contributed by atoms with Crippen LogP contribution in [0.5, 0.6) is 0 Å². The number of rotatable bonds is 5. The van der Waals surface area contributed by atoms with Gasteiger partial charge in [0.25, 0.3) is 0 Å². The van der Waals surface area contributed by atoms with Crippen LogP contribution in [0.4, 0.5) is 0 Å². The molecule has 1 unspecified atom stereocenters. The second kappa shape index (κ2) is 5.66. The third kappa shape index (κ3) is 3.53. The molecular weight excluding hydrogens is 220 g/mol. The van der Waals surface area contributed by atoms with Crippen LogP contribution in [0.1, 0.15) is 10.6 Å². The molecule has 0 radical (unpaired) electrons. The minimum atomic E-state index is -0.449. The molecule has 0 aliphatic heterocycles. The molecular formula is C9H15ClN2OS. The maximum Gasteiger partial charge on any atom is 0.0802 e. The van der Waals surface area contributed by atoms with Crippen molar-refractivity contribution in [3.05, 3.63) is 16.1 Å². The Balaban J connectivity index is 2.41. The number of alkyl halides is 1. The van der Waals surface area contributed by atoms with Crippen LogP contribution in [0.2, 0.25) is 0 Å². The zero-order valence-corrected chi connectivity index (χ0v) is 9.98. The van der Waals surface area contributed by atoms with Crippen molar-refractivity contribution in [1.82, 2.24) is 9.88 Å². The van der Waals surface area contributed by atoms with Gasteiger partial charge in [-0.2, -0.15) is 0 Å². The van der Waals surface area contributed by atoms with Crippen LogP contribution in [0.3, 0.4) is 0 Å². The predicted octanol–water partition coefficient (Wildman–Crippen LogP) is 1.48. The highest BCUT2D eigenvalue weighted by atomic mass is 35.5. The highest BCUT2D eigenvalue weighted by Gasteiger charge is 2.09. The maximum atomic E-state index is 9.34. The summed E-state index contributed by atoms with van der Waals surface area (Å²) >= 11 is 7.17. The van der Waals surface area contributed by atoms with Gasteiger partial charge in [0.1, 0.15) is 0 Å². The summed E-state index contributed by atoms with van der Waals surface area (Å²) in [6.07, 6.45) is -0.449. The summed E-state index contributed by atoms with van der Waals surface area (Å²) < 4.78 is 0. The number of aliphatic hydroxyl groups excluding tert-OH is 1. The van der Waals surface area contributed by atoms with E-state index in [0.717, 1.165) is 12.2 Å². The van der Waals surface area contributed by atoms with Gasteiger partial charge in [-0.05, 0) is 14.0 Å². The zero-order chi connectivity index (χ0) is 10.6. The predicted molar refractivity (Wildman–Crippen MR) is 59.9 cm³/mol. The van der Waals surface area contributed by atoms with Crippen molar-refractivity contribution in [2.75, 3.05) is 19.5 Å². The Hall–Kier alpha value is -0.160.